The molecule has 1 nitrogen and oxygen atoms in total. The zero-order chi connectivity index (χ0) is 24.0. The van der Waals surface area contributed by atoms with E-state index in [1.165, 1.54) is 12.1 Å². The lowest BCUT2D eigenvalue weighted by Gasteiger charge is -2.10. The van der Waals surface area contributed by atoms with E-state index < -0.39 is 35.6 Å². The van der Waals surface area contributed by atoms with Crippen molar-refractivity contribution < 1.29 is 31.1 Å². The van der Waals surface area contributed by atoms with Crippen molar-refractivity contribution in [3.8, 4) is 5.75 Å². The maximum atomic E-state index is 14.3. The topological polar surface area (TPSA) is 9.23 Å². The van der Waals surface area contributed by atoms with E-state index in [2.05, 4.69) is 4.74 Å². The van der Waals surface area contributed by atoms with Gasteiger partial charge in [0.25, 0.3) is 0 Å². The van der Waals surface area contributed by atoms with Crippen LogP contribution in [-0.2, 0) is 32.1 Å². The fourth-order valence-electron chi connectivity index (χ4n) is 3.72. The van der Waals surface area contributed by atoms with Crippen LogP contribution in [0.15, 0.2) is 48.5 Å². The van der Waals surface area contributed by atoms with Gasteiger partial charge >= 0.3 is 6.61 Å². The Labute approximate surface area is 189 Å². The van der Waals surface area contributed by atoms with Crippen LogP contribution in [0.25, 0.3) is 0 Å². The molecule has 0 saturated heterocycles. The quantitative estimate of drug-likeness (QED) is 0.284. The molecule has 0 fully saturated rings. The molecule has 3 rings (SSSR count). The van der Waals surface area contributed by atoms with Crippen molar-refractivity contribution in [3.05, 3.63) is 99.6 Å². The van der Waals surface area contributed by atoms with Crippen molar-refractivity contribution in [3.63, 3.8) is 0 Å². The molecule has 176 valence electrons. The molecule has 0 atom stereocenters. The lowest BCUT2D eigenvalue weighted by atomic mass is 9.98. The molecular weight excluding hydrogens is 442 g/mol. The lowest BCUT2D eigenvalue weighted by molar-refractivity contribution is -0.0546. The third-order valence-corrected chi connectivity index (χ3v) is 5.39. The van der Waals surface area contributed by atoms with Crippen LogP contribution in [0.1, 0.15) is 41.2 Å². The van der Waals surface area contributed by atoms with Gasteiger partial charge in [-0.05, 0) is 78.6 Å². The average Bonchev–Trinajstić information content (AvgIpc) is 2.75. The minimum absolute atomic E-state index is 0.0715. The molecule has 3 aromatic rings. The van der Waals surface area contributed by atoms with Gasteiger partial charge in [-0.25, -0.2) is 17.6 Å². The number of alkyl halides is 2. The van der Waals surface area contributed by atoms with Crippen LogP contribution in [0, 0.1) is 23.3 Å². The molecule has 3 aromatic carbocycles. The van der Waals surface area contributed by atoms with E-state index >= 15 is 0 Å². The van der Waals surface area contributed by atoms with Gasteiger partial charge in [0.05, 0.1) is 0 Å². The number of halogens is 6. The van der Waals surface area contributed by atoms with Crippen LogP contribution >= 0.6 is 0 Å². The summed E-state index contributed by atoms with van der Waals surface area (Å²) in [6, 6.07) is 12.1. The Hall–Kier alpha value is -2.96. The second-order valence-corrected chi connectivity index (χ2v) is 7.87. The standard InChI is InChI=1S/C26H24F6O/c1-2-3-18-12-21(27)20(22(28)13-18)11-10-17-6-4-16(5-7-17)8-9-19-14-23(29)25(24(30)15-19)33-26(31)32/h4-7,12-15,26H,2-3,8-11H2,1H3. The van der Waals surface area contributed by atoms with E-state index in [-0.39, 0.29) is 12.0 Å². The summed E-state index contributed by atoms with van der Waals surface area (Å²) in [4.78, 5) is 0. The van der Waals surface area contributed by atoms with Crippen molar-refractivity contribution in [2.24, 2.45) is 0 Å². The number of hydrogen-bond acceptors (Lipinski definition) is 1. The molecule has 0 radical (unpaired) electrons. The Kier molecular flexibility index (Phi) is 8.42. The number of benzene rings is 3. The zero-order valence-corrected chi connectivity index (χ0v) is 18.1. The number of aryl methyl sites for hydroxylation is 4. The first-order valence-electron chi connectivity index (χ1n) is 10.7. The normalized spacial score (nSPS) is 11.3. The molecule has 0 bridgehead atoms. The highest BCUT2D eigenvalue weighted by Gasteiger charge is 2.17. The second-order valence-electron chi connectivity index (χ2n) is 7.87. The molecule has 0 amide bonds. The maximum Gasteiger partial charge on any atom is 0.387 e. The number of ether oxygens (including phenoxy) is 1. The number of rotatable bonds is 10. The third-order valence-electron chi connectivity index (χ3n) is 5.39. The SMILES string of the molecule is CCCc1cc(F)c(CCc2ccc(CCc3cc(F)c(OC(F)F)c(F)c3)cc2)c(F)c1. The zero-order valence-electron chi connectivity index (χ0n) is 18.1. The summed E-state index contributed by atoms with van der Waals surface area (Å²) in [7, 11) is 0. The summed E-state index contributed by atoms with van der Waals surface area (Å²) in [5.74, 6) is -4.50. The van der Waals surface area contributed by atoms with Gasteiger partial charge in [-0.2, -0.15) is 8.78 Å². The van der Waals surface area contributed by atoms with Crippen molar-refractivity contribution >= 4 is 0 Å². The minimum atomic E-state index is -3.31. The largest absolute Gasteiger partial charge is 0.429 e. The van der Waals surface area contributed by atoms with Gasteiger partial charge in [-0.1, -0.05) is 37.6 Å². The van der Waals surface area contributed by atoms with E-state index in [1.807, 2.05) is 31.2 Å². The van der Waals surface area contributed by atoms with Gasteiger partial charge in [0.1, 0.15) is 11.6 Å². The predicted molar refractivity (Wildman–Crippen MR) is 115 cm³/mol. The Bertz CT molecular complexity index is 1030. The first-order valence-corrected chi connectivity index (χ1v) is 10.7. The van der Waals surface area contributed by atoms with Crippen LogP contribution in [0.4, 0.5) is 26.3 Å². The van der Waals surface area contributed by atoms with Crippen LogP contribution in [0.2, 0.25) is 0 Å². The highest BCUT2D eigenvalue weighted by molar-refractivity contribution is 5.33. The van der Waals surface area contributed by atoms with Gasteiger partial charge in [-0.3, -0.25) is 0 Å². The van der Waals surface area contributed by atoms with Crippen LogP contribution in [-0.4, -0.2) is 6.61 Å². The van der Waals surface area contributed by atoms with Crippen LogP contribution in [0.3, 0.4) is 0 Å². The molecular formula is C26H24F6O. The highest BCUT2D eigenvalue weighted by Crippen LogP contribution is 2.26. The van der Waals surface area contributed by atoms with E-state index in [1.54, 1.807) is 0 Å². The van der Waals surface area contributed by atoms with E-state index in [0.29, 0.717) is 36.8 Å². The minimum Gasteiger partial charge on any atom is -0.429 e. The first-order chi connectivity index (χ1) is 15.8. The van der Waals surface area contributed by atoms with Crippen molar-refractivity contribution in [1.29, 1.82) is 0 Å². The lowest BCUT2D eigenvalue weighted by Crippen LogP contribution is -2.06. The highest BCUT2D eigenvalue weighted by atomic mass is 19.3. The van der Waals surface area contributed by atoms with Crippen molar-refractivity contribution in [1.82, 2.24) is 0 Å². The molecule has 0 heterocycles. The second kappa shape index (κ2) is 11.3. The molecule has 0 unspecified atom stereocenters. The molecule has 0 N–H and O–H groups in total. The van der Waals surface area contributed by atoms with E-state index in [0.717, 1.165) is 29.7 Å². The monoisotopic (exact) mass is 466 g/mol. The van der Waals surface area contributed by atoms with Gasteiger partial charge in [-0.15, -0.1) is 0 Å². The molecule has 0 aliphatic rings. The Balaban J connectivity index is 1.58. The predicted octanol–water partition coefficient (Wildman–Crippen LogP) is 7.37. The summed E-state index contributed by atoms with van der Waals surface area (Å²) in [5.41, 5.74) is 2.83. The smallest absolute Gasteiger partial charge is 0.387 e. The third kappa shape index (κ3) is 6.76. The summed E-state index contributed by atoms with van der Waals surface area (Å²) in [5, 5.41) is 0. The Morgan fingerprint density at radius 2 is 1.03 bits per heavy atom. The van der Waals surface area contributed by atoms with E-state index in [4.69, 9.17) is 0 Å². The average molecular weight is 466 g/mol. The molecule has 0 saturated carbocycles. The fraction of sp³-hybridized carbons (Fsp3) is 0.308. The van der Waals surface area contributed by atoms with Crippen molar-refractivity contribution in [2.45, 2.75) is 52.1 Å². The maximum absolute atomic E-state index is 14.3. The Morgan fingerprint density at radius 3 is 1.52 bits per heavy atom. The first kappa shape index (κ1) is 24.7. The van der Waals surface area contributed by atoms with Gasteiger partial charge in [0.2, 0.25) is 0 Å². The summed E-state index contributed by atoms with van der Waals surface area (Å²) in [6.07, 6.45) is 2.90. The van der Waals surface area contributed by atoms with Crippen LogP contribution < -0.4 is 4.74 Å². The summed E-state index contributed by atoms with van der Waals surface area (Å²) in [6.45, 7) is -1.36. The molecule has 0 aliphatic carbocycles. The fourth-order valence-corrected chi connectivity index (χ4v) is 3.72. The van der Waals surface area contributed by atoms with E-state index in [9.17, 15) is 26.3 Å². The summed E-state index contributed by atoms with van der Waals surface area (Å²) >= 11 is 0. The number of hydrogen-bond donors (Lipinski definition) is 0. The molecule has 7 heteroatoms. The van der Waals surface area contributed by atoms with Gasteiger partial charge in [0, 0.05) is 5.56 Å². The molecule has 0 aromatic heterocycles. The molecule has 0 aliphatic heterocycles. The molecule has 33 heavy (non-hydrogen) atoms. The summed E-state index contributed by atoms with van der Waals surface area (Å²) < 4.78 is 84.5. The molecule has 0 spiro atoms. The van der Waals surface area contributed by atoms with Crippen LogP contribution in [0.5, 0.6) is 5.75 Å². The Morgan fingerprint density at radius 1 is 0.606 bits per heavy atom. The van der Waals surface area contributed by atoms with Gasteiger partial charge < -0.3 is 4.74 Å². The van der Waals surface area contributed by atoms with Gasteiger partial charge in [0.15, 0.2) is 17.4 Å². The van der Waals surface area contributed by atoms with Crippen molar-refractivity contribution in [2.75, 3.05) is 0 Å².